The summed E-state index contributed by atoms with van der Waals surface area (Å²) < 4.78 is 1.31. The number of amides is 1. The summed E-state index contributed by atoms with van der Waals surface area (Å²) in [7, 11) is 0. The number of nitrogens with zero attached hydrogens (tertiary/aromatic N) is 5. The van der Waals surface area contributed by atoms with Crippen LogP contribution in [0.15, 0.2) is 42.5 Å². The molecule has 11 heteroatoms. The maximum absolute atomic E-state index is 12.5. The summed E-state index contributed by atoms with van der Waals surface area (Å²) in [6.07, 6.45) is 0. The van der Waals surface area contributed by atoms with E-state index in [2.05, 4.69) is 15.6 Å². The standard InChI is InChI=1S/C17H14N6O5/c1-10-6-7-12(8-15(10)23(27)28)18-17(24)16-11(2)21(20-19-16)13-4-3-5-14(9-13)22(25)26/h3-9H,1-2H3,(H,18,24). The highest BCUT2D eigenvalue weighted by Crippen LogP contribution is 2.23. The summed E-state index contributed by atoms with van der Waals surface area (Å²) >= 11 is 0. The normalized spacial score (nSPS) is 10.5. The molecule has 11 nitrogen and oxygen atoms in total. The van der Waals surface area contributed by atoms with E-state index in [4.69, 9.17) is 0 Å². The predicted molar refractivity (Wildman–Crippen MR) is 98.5 cm³/mol. The van der Waals surface area contributed by atoms with Gasteiger partial charge in [-0.05, 0) is 26.0 Å². The van der Waals surface area contributed by atoms with E-state index in [1.807, 2.05) is 0 Å². The van der Waals surface area contributed by atoms with Crippen molar-refractivity contribution in [3.63, 3.8) is 0 Å². The molecule has 0 fully saturated rings. The fraction of sp³-hybridized carbons (Fsp3) is 0.118. The van der Waals surface area contributed by atoms with Crippen molar-refractivity contribution in [2.45, 2.75) is 13.8 Å². The summed E-state index contributed by atoms with van der Waals surface area (Å²) in [5, 5.41) is 32.2. The van der Waals surface area contributed by atoms with Crippen LogP contribution in [-0.4, -0.2) is 30.7 Å². The average molecular weight is 382 g/mol. The maximum atomic E-state index is 12.5. The molecular weight excluding hydrogens is 368 g/mol. The Morgan fingerprint density at radius 3 is 2.50 bits per heavy atom. The highest BCUT2D eigenvalue weighted by Gasteiger charge is 2.20. The number of carbonyl (C=O) groups is 1. The van der Waals surface area contributed by atoms with Crippen molar-refractivity contribution in [2.75, 3.05) is 5.32 Å². The fourth-order valence-corrected chi connectivity index (χ4v) is 2.60. The van der Waals surface area contributed by atoms with Gasteiger partial charge in [-0.1, -0.05) is 17.3 Å². The molecule has 3 aromatic rings. The van der Waals surface area contributed by atoms with Crippen molar-refractivity contribution in [3.8, 4) is 5.69 Å². The summed E-state index contributed by atoms with van der Waals surface area (Å²) in [6.45, 7) is 3.18. The Kier molecular flexibility index (Phi) is 4.81. The van der Waals surface area contributed by atoms with Crippen molar-refractivity contribution in [1.29, 1.82) is 0 Å². The van der Waals surface area contributed by atoms with Gasteiger partial charge in [-0.15, -0.1) is 5.10 Å². The minimum atomic E-state index is -0.604. The van der Waals surface area contributed by atoms with Gasteiger partial charge in [0, 0.05) is 29.4 Å². The first-order valence-electron chi connectivity index (χ1n) is 8.01. The van der Waals surface area contributed by atoms with Crippen LogP contribution in [0.1, 0.15) is 21.7 Å². The number of carbonyl (C=O) groups excluding carboxylic acids is 1. The lowest BCUT2D eigenvalue weighted by Gasteiger charge is -2.06. The first-order valence-corrected chi connectivity index (χ1v) is 8.01. The second-order valence-electron chi connectivity index (χ2n) is 5.92. The lowest BCUT2D eigenvalue weighted by Crippen LogP contribution is -2.14. The van der Waals surface area contributed by atoms with Crippen LogP contribution < -0.4 is 5.32 Å². The Balaban J connectivity index is 1.89. The molecule has 1 amide bonds. The summed E-state index contributed by atoms with van der Waals surface area (Å²) in [4.78, 5) is 33.4. The van der Waals surface area contributed by atoms with Crippen molar-refractivity contribution in [2.24, 2.45) is 0 Å². The Morgan fingerprint density at radius 2 is 1.82 bits per heavy atom. The third-order valence-corrected chi connectivity index (χ3v) is 4.06. The topological polar surface area (TPSA) is 146 Å². The molecule has 142 valence electrons. The number of rotatable bonds is 5. The molecule has 0 saturated carbocycles. The Bertz CT molecular complexity index is 1110. The van der Waals surface area contributed by atoms with Gasteiger partial charge in [0.2, 0.25) is 0 Å². The minimum absolute atomic E-state index is 0.00488. The van der Waals surface area contributed by atoms with Crippen LogP contribution >= 0.6 is 0 Å². The highest BCUT2D eigenvalue weighted by atomic mass is 16.6. The summed E-state index contributed by atoms with van der Waals surface area (Å²) in [5.41, 5.74) is 1.21. The molecule has 1 heterocycles. The molecule has 28 heavy (non-hydrogen) atoms. The number of hydrogen-bond acceptors (Lipinski definition) is 7. The molecule has 1 N–H and O–H groups in total. The zero-order chi connectivity index (χ0) is 20.4. The minimum Gasteiger partial charge on any atom is -0.320 e. The van der Waals surface area contributed by atoms with Crippen LogP contribution in [0.25, 0.3) is 5.69 Å². The molecule has 0 radical (unpaired) electrons. The van der Waals surface area contributed by atoms with Gasteiger partial charge >= 0.3 is 0 Å². The number of nitro benzene ring substituents is 2. The molecule has 0 saturated heterocycles. The number of aryl methyl sites for hydroxylation is 1. The lowest BCUT2D eigenvalue weighted by molar-refractivity contribution is -0.385. The summed E-state index contributed by atoms with van der Waals surface area (Å²) in [6, 6.07) is 10.1. The van der Waals surface area contributed by atoms with E-state index in [9.17, 15) is 25.0 Å². The van der Waals surface area contributed by atoms with Gasteiger partial charge in [0.25, 0.3) is 17.3 Å². The monoisotopic (exact) mass is 382 g/mol. The number of benzene rings is 2. The molecule has 1 aromatic heterocycles. The van der Waals surface area contributed by atoms with Crippen LogP contribution in [0, 0.1) is 34.1 Å². The smallest absolute Gasteiger partial charge is 0.278 e. The predicted octanol–water partition coefficient (Wildman–Crippen LogP) is 2.95. The molecular formula is C17H14N6O5. The number of non-ortho nitro benzene ring substituents is 1. The van der Waals surface area contributed by atoms with Gasteiger partial charge in [0.15, 0.2) is 5.69 Å². The van der Waals surface area contributed by atoms with Crippen molar-refractivity contribution < 1.29 is 14.6 Å². The average Bonchev–Trinajstić information content (AvgIpc) is 3.04. The molecule has 2 aromatic carbocycles. The largest absolute Gasteiger partial charge is 0.320 e. The Morgan fingerprint density at radius 1 is 1.07 bits per heavy atom. The molecule has 0 aliphatic carbocycles. The van der Waals surface area contributed by atoms with Crippen LogP contribution in [-0.2, 0) is 0 Å². The van der Waals surface area contributed by atoms with E-state index in [0.29, 0.717) is 16.9 Å². The zero-order valence-electron chi connectivity index (χ0n) is 14.8. The van der Waals surface area contributed by atoms with Gasteiger partial charge in [-0.2, -0.15) is 0 Å². The van der Waals surface area contributed by atoms with Crippen LogP contribution in [0.5, 0.6) is 0 Å². The van der Waals surface area contributed by atoms with Crippen molar-refractivity contribution in [1.82, 2.24) is 15.0 Å². The molecule has 0 aliphatic heterocycles. The highest BCUT2D eigenvalue weighted by molar-refractivity contribution is 6.03. The van der Waals surface area contributed by atoms with Crippen LogP contribution in [0.4, 0.5) is 17.1 Å². The van der Waals surface area contributed by atoms with Crippen molar-refractivity contribution >= 4 is 23.0 Å². The second kappa shape index (κ2) is 7.23. The number of anilines is 1. The number of nitro groups is 2. The van der Waals surface area contributed by atoms with Gasteiger partial charge in [-0.25, -0.2) is 4.68 Å². The van der Waals surface area contributed by atoms with E-state index >= 15 is 0 Å². The molecule has 0 spiro atoms. The molecule has 0 unspecified atom stereocenters. The van der Waals surface area contributed by atoms with E-state index in [1.165, 1.54) is 35.0 Å². The molecule has 0 atom stereocenters. The number of nitrogens with one attached hydrogen (secondary N) is 1. The van der Waals surface area contributed by atoms with E-state index in [0.717, 1.165) is 0 Å². The summed E-state index contributed by atoms with van der Waals surface area (Å²) in [5.74, 6) is -0.604. The first kappa shape index (κ1) is 18.6. The van der Waals surface area contributed by atoms with Gasteiger partial charge < -0.3 is 5.32 Å². The maximum Gasteiger partial charge on any atom is 0.278 e. The Labute approximate surface area is 157 Å². The molecule has 0 bridgehead atoms. The van der Waals surface area contributed by atoms with Gasteiger partial charge in [-0.3, -0.25) is 25.0 Å². The molecule has 0 aliphatic rings. The number of aromatic nitrogens is 3. The quantitative estimate of drug-likeness (QED) is 0.527. The number of hydrogen-bond donors (Lipinski definition) is 1. The van der Waals surface area contributed by atoms with Gasteiger partial charge in [0.05, 0.1) is 21.2 Å². The van der Waals surface area contributed by atoms with Crippen molar-refractivity contribution in [3.05, 3.63) is 79.6 Å². The molecule has 3 rings (SSSR count). The first-order chi connectivity index (χ1) is 13.3. The second-order valence-corrected chi connectivity index (χ2v) is 5.92. The third-order valence-electron chi connectivity index (χ3n) is 4.06. The Hall–Kier alpha value is -4.15. The third kappa shape index (κ3) is 3.53. The van der Waals surface area contributed by atoms with E-state index < -0.39 is 15.8 Å². The lowest BCUT2D eigenvalue weighted by atomic mass is 10.2. The van der Waals surface area contributed by atoms with E-state index in [-0.39, 0.29) is 22.8 Å². The SMILES string of the molecule is Cc1ccc(NC(=O)c2nnn(-c3cccc([N+](=O)[O-])c3)c2C)cc1[N+](=O)[O-]. The van der Waals surface area contributed by atoms with Crippen LogP contribution in [0.3, 0.4) is 0 Å². The zero-order valence-corrected chi connectivity index (χ0v) is 14.8. The fourth-order valence-electron chi connectivity index (χ4n) is 2.60. The van der Waals surface area contributed by atoms with E-state index in [1.54, 1.807) is 26.0 Å². The van der Waals surface area contributed by atoms with Crippen LogP contribution in [0.2, 0.25) is 0 Å². The van der Waals surface area contributed by atoms with Gasteiger partial charge in [0.1, 0.15) is 0 Å².